The van der Waals surface area contributed by atoms with Crippen LogP contribution in [0.3, 0.4) is 0 Å². The number of pyridine rings is 1. The first-order valence-corrected chi connectivity index (χ1v) is 9.27. The Labute approximate surface area is 140 Å². The van der Waals surface area contributed by atoms with E-state index in [0.29, 0.717) is 12.5 Å². The standard InChI is InChI=1S/C18H21N3OS/c19-9-15-1-2-16(23-15)13-7-12-8-18(22-17(12)20-10-13)11-21-5-3-14(18)4-6-21/h1-2,7,10,14H,3-6,8-9,11,19H2/t18-/m0/s1. The van der Waals surface area contributed by atoms with Gasteiger partial charge in [0.15, 0.2) is 0 Å². The summed E-state index contributed by atoms with van der Waals surface area (Å²) in [5, 5.41) is 0. The summed E-state index contributed by atoms with van der Waals surface area (Å²) >= 11 is 1.76. The number of aromatic nitrogens is 1. The zero-order valence-corrected chi connectivity index (χ0v) is 13.9. The van der Waals surface area contributed by atoms with Crippen molar-refractivity contribution in [2.75, 3.05) is 19.6 Å². The number of nitrogens with zero attached hydrogens (tertiary/aromatic N) is 2. The number of thiophene rings is 1. The maximum atomic E-state index is 6.42. The van der Waals surface area contributed by atoms with Gasteiger partial charge in [-0.05, 0) is 44.1 Å². The molecule has 6 rings (SSSR count). The molecule has 4 nitrogen and oxygen atoms in total. The summed E-state index contributed by atoms with van der Waals surface area (Å²) < 4.78 is 6.42. The number of hydrogen-bond donors (Lipinski definition) is 1. The van der Waals surface area contributed by atoms with Crippen LogP contribution in [0.15, 0.2) is 24.4 Å². The van der Waals surface area contributed by atoms with Crippen LogP contribution in [0.1, 0.15) is 23.3 Å². The minimum atomic E-state index is -0.0116. The lowest BCUT2D eigenvalue weighted by Gasteiger charge is -2.50. The van der Waals surface area contributed by atoms with Gasteiger partial charge in [0, 0.05) is 52.5 Å². The zero-order valence-electron chi connectivity index (χ0n) is 13.1. The monoisotopic (exact) mass is 327 g/mol. The summed E-state index contributed by atoms with van der Waals surface area (Å²) in [5.74, 6) is 1.55. The molecule has 0 radical (unpaired) electrons. The topological polar surface area (TPSA) is 51.4 Å². The minimum Gasteiger partial charge on any atom is -0.469 e. The van der Waals surface area contributed by atoms with Crippen LogP contribution in [-0.2, 0) is 13.0 Å². The van der Waals surface area contributed by atoms with E-state index in [2.05, 4.69) is 28.1 Å². The van der Waals surface area contributed by atoms with Crippen molar-refractivity contribution in [1.29, 1.82) is 0 Å². The second-order valence-corrected chi connectivity index (χ2v) is 8.22. The first-order valence-electron chi connectivity index (χ1n) is 8.45. The molecule has 0 unspecified atom stereocenters. The van der Waals surface area contributed by atoms with Crippen molar-refractivity contribution in [3.63, 3.8) is 0 Å². The molecule has 3 saturated heterocycles. The highest BCUT2D eigenvalue weighted by Crippen LogP contribution is 2.46. The van der Waals surface area contributed by atoms with Crippen molar-refractivity contribution in [1.82, 2.24) is 9.88 Å². The van der Waals surface area contributed by atoms with Crippen LogP contribution in [0.25, 0.3) is 10.4 Å². The largest absolute Gasteiger partial charge is 0.469 e. The van der Waals surface area contributed by atoms with Gasteiger partial charge in [0.25, 0.3) is 0 Å². The minimum absolute atomic E-state index is 0.0116. The van der Waals surface area contributed by atoms with Crippen LogP contribution in [0.4, 0.5) is 0 Å². The molecule has 4 aliphatic rings. The Morgan fingerprint density at radius 2 is 2.22 bits per heavy atom. The quantitative estimate of drug-likeness (QED) is 0.921. The molecule has 2 bridgehead atoms. The van der Waals surface area contributed by atoms with Crippen LogP contribution in [0.5, 0.6) is 5.88 Å². The van der Waals surface area contributed by atoms with E-state index in [1.54, 1.807) is 11.3 Å². The number of ether oxygens (including phenoxy) is 1. The highest BCUT2D eigenvalue weighted by molar-refractivity contribution is 7.15. The first kappa shape index (κ1) is 14.0. The molecule has 2 aromatic heterocycles. The molecule has 0 aromatic carbocycles. The SMILES string of the molecule is NCc1ccc(-c2cnc3c(c2)C[C@@]2(CN4CCC2CC4)O3)s1. The van der Waals surface area contributed by atoms with Crippen LogP contribution in [0.2, 0.25) is 0 Å². The van der Waals surface area contributed by atoms with Gasteiger partial charge in [-0.3, -0.25) is 4.90 Å². The van der Waals surface area contributed by atoms with Crippen LogP contribution in [-0.4, -0.2) is 35.1 Å². The predicted molar refractivity (Wildman–Crippen MR) is 91.7 cm³/mol. The molecular formula is C18H21N3OS. The third-order valence-corrected chi connectivity index (χ3v) is 6.84. The van der Waals surface area contributed by atoms with E-state index < -0.39 is 0 Å². The highest BCUT2D eigenvalue weighted by atomic mass is 32.1. The molecule has 2 aromatic rings. The Morgan fingerprint density at radius 1 is 1.35 bits per heavy atom. The molecule has 0 aliphatic carbocycles. The van der Waals surface area contributed by atoms with Crippen molar-refractivity contribution in [2.24, 2.45) is 11.7 Å². The predicted octanol–water partition coefficient (Wildman–Crippen LogP) is 2.67. The van der Waals surface area contributed by atoms with Gasteiger partial charge in [-0.2, -0.15) is 0 Å². The molecule has 0 amide bonds. The molecule has 3 fully saturated rings. The van der Waals surface area contributed by atoms with E-state index in [1.165, 1.54) is 46.8 Å². The molecule has 5 heteroatoms. The van der Waals surface area contributed by atoms with Gasteiger partial charge in [-0.15, -0.1) is 11.3 Å². The maximum Gasteiger partial charge on any atom is 0.217 e. The Hall–Kier alpha value is -1.43. The van der Waals surface area contributed by atoms with Crippen LogP contribution >= 0.6 is 11.3 Å². The van der Waals surface area contributed by atoms with E-state index in [1.807, 2.05) is 6.20 Å². The molecular weight excluding hydrogens is 306 g/mol. The van der Waals surface area contributed by atoms with Crippen molar-refractivity contribution >= 4 is 11.3 Å². The molecule has 120 valence electrons. The van der Waals surface area contributed by atoms with Crippen molar-refractivity contribution in [3.8, 4) is 16.3 Å². The van der Waals surface area contributed by atoms with Gasteiger partial charge in [-0.1, -0.05) is 0 Å². The Balaban J connectivity index is 1.47. The van der Waals surface area contributed by atoms with Gasteiger partial charge < -0.3 is 10.5 Å². The average Bonchev–Trinajstić information content (AvgIpc) is 3.19. The Bertz CT molecular complexity index is 750. The molecule has 2 N–H and O–H groups in total. The lowest BCUT2D eigenvalue weighted by molar-refractivity contribution is -0.0814. The Morgan fingerprint density at radius 3 is 2.91 bits per heavy atom. The fourth-order valence-corrected chi connectivity index (χ4v) is 5.35. The summed E-state index contributed by atoms with van der Waals surface area (Å²) in [5.41, 5.74) is 8.18. The summed E-state index contributed by atoms with van der Waals surface area (Å²) in [7, 11) is 0. The van der Waals surface area contributed by atoms with Crippen molar-refractivity contribution < 1.29 is 4.74 Å². The fraction of sp³-hybridized carbons (Fsp3) is 0.500. The van der Waals surface area contributed by atoms with E-state index >= 15 is 0 Å². The molecule has 1 spiro atoms. The number of hydrogen-bond acceptors (Lipinski definition) is 5. The van der Waals surface area contributed by atoms with Gasteiger partial charge >= 0.3 is 0 Å². The van der Waals surface area contributed by atoms with Gasteiger partial charge in [-0.25, -0.2) is 4.98 Å². The van der Waals surface area contributed by atoms with E-state index in [4.69, 9.17) is 10.5 Å². The highest BCUT2D eigenvalue weighted by Gasteiger charge is 2.52. The van der Waals surface area contributed by atoms with Gasteiger partial charge in [0.2, 0.25) is 5.88 Å². The van der Waals surface area contributed by atoms with E-state index in [9.17, 15) is 0 Å². The van der Waals surface area contributed by atoms with Crippen molar-refractivity contribution in [2.45, 2.75) is 31.4 Å². The maximum absolute atomic E-state index is 6.42. The third kappa shape index (κ3) is 2.14. The van der Waals surface area contributed by atoms with E-state index in [-0.39, 0.29) is 5.60 Å². The van der Waals surface area contributed by atoms with E-state index in [0.717, 1.165) is 18.8 Å². The van der Waals surface area contributed by atoms with Crippen molar-refractivity contribution in [3.05, 3.63) is 34.8 Å². The summed E-state index contributed by atoms with van der Waals surface area (Å²) in [6, 6.07) is 6.54. The lowest BCUT2D eigenvalue weighted by Crippen LogP contribution is -2.61. The normalized spacial score (nSPS) is 31.3. The zero-order chi connectivity index (χ0) is 15.4. The lowest BCUT2D eigenvalue weighted by atomic mass is 9.73. The Kier molecular flexibility index (Phi) is 3.05. The van der Waals surface area contributed by atoms with Gasteiger partial charge in [0.1, 0.15) is 5.60 Å². The second-order valence-electron chi connectivity index (χ2n) is 7.05. The number of fused-ring (bicyclic) bond motifs is 3. The summed E-state index contributed by atoms with van der Waals surface area (Å²) in [4.78, 5) is 9.65. The van der Waals surface area contributed by atoms with Crippen LogP contribution in [0, 0.1) is 5.92 Å². The molecule has 0 saturated carbocycles. The average molecular weight is 327 g/mol. The molecule has 23 heavy (non-hydrogen) atoms. The van der Waals surface area contributed by atoms with Gasteiger partial charge in [0.05, 0.1) is 0 Å². The number of piperidine rings is 3. The number of rotatable bonds is 2. The summed E-state index contributed by atoms with van der Waals surface area (Å²) in [6.07, 6.45) is 5.50. The molecule has 1 atom stereocenters. The van der Waals surface area contributed by atoms with Crippen LogP contribution < -0.4 is 10.5 Å². The fourth-order valence-electron chi connectivity index (χ4n) is 4.49. The summed E-state index contributed by atoms with van der Waals surface area (Å²) in [6.45, 7) is 4.15. The molecule has 6 heterocycles. The smallest absolute Gasteiger partial charge is 0.217 e. The molecule has 4 aliphatic heterocycles. The number of nitrogens with two attached hydrogens (primary N) is 1. The second kappa shape index (κ2) is 5.03. The first-order chi connectivity index (χ1) is 11.3. The third-order valence-electron chi connectivity index (χ3n) is 5.69.